The molecule has 3 aromatic heterocycles. The zero-order valence-electron chi connectivity index (χ0n) is 44.6. The van der Waals surface area contributed by atoms with Crippen molar-refractivity contribution in [3.05, 3.63) is 95.9 Å². The van der Waals surface area contributed by atoms with Gasteiger partial charge in [-0.3, -0.25) is 14.4 Å². The third kappa shape index (κ3) is 11.0. The van der Waals surface area contributed by atoms with Crippen LogP contribution in [0, 0.1) is 23.2 Å². The number of nitrogens with zero attached hydrogens (tertiary/aromatic N) is 10. The number of anilines is 4. The van der Waals surface area contributed by atoms with Gasteiger partial charge in [-0.05, 0) is 93.3 Å². The van der Waals surface area contributed by atoms with Gasteiger partial charge in [0.25, 0.3) is 0 Å². The Kier molecular flexibility index (Phi) is 15.1. The van der Waals surface area contributed by atoms with E-state index in [9.17, 15) is 24.6 Å². The van der Waals surface area contributed by atoms with E-state index >= 15 is 0 Å². The smallest absolute Gasteiger partial charge is 0.243 e. The Morgan fingerprint density at radius 3 is 2.27 bits per heavy atom. The highest BCUT2D eigenvalue weighted by molar-refractivity contribution is 5.91. The molecule has 0 radical (unpaired) electrons. The fourth-order valence-corrected chi connectivity index (χ4v) is 12.6. The van der Waals surface area contributed by atoms with Crippen molar-refractivity contribution in [1.29, 1.82) is 5.26 Å². The van der Waals surface area contributed by atoms with E-state index in [0.717, 1.165) is 68.6 Å². The van der Waals surface area contributed by atoms with Gasteiger partial charge in [-0.25, -0.2) is 4.98 Å². The number of hydrogen-bond donors (Lipinski definition) is 4. The van der Waals surface area contributed by atoms with Crippen LogP contribution in [0.2, 0.25) is 0 Å². The zero-order valence-corrected chi connectivity index (χ0v) is 44.6. The number of ether oxygens (including phenoxy) is 2. The van der Waals surface area contributed by atoms with E-state index in [-0.39, 0.29) is 84.7 Å². The quantitative estimate of drug-likeness (QED) is 0.0944. The van der Waals surface area contributed by atoms with Crippen molar-refractivity contribution in [3.63, 3.8) is 0 Å². The van der Waals surface area contributed by atoms with Crippen molar-refractivity contribution < 1.29 is 38.6 Å². The molecule has 20 nitrogen and oxygen atoms in total. The van der Waals surface area contributed by atoms with Gasteiger partial charge in [0.15, 0.2) is 17.4 Å². The van der Waals surface area contributed by atoms with Crippen molar-refractivity contribution in [2.24, 2.45) is 11.8 Å². The maximum Gasteiger partial charge on any atom is 0.243 e. The Labute approximate surface area is 454 Å². The summed E-state index contributed by atoms with van der Waals surface area (Å²) >= 11 is 0. The molecule has 1 saturated carbocycles. The number of nitrogen functional groups attached to an aromatic ring is 1. The number of piperidine rings is 2. The van der Waals surface area contributed by atoms with Crippen LogP contribution in [0.25, 0.3) is 11.3 Å². The standard InChI is InChI=1S/C58H70N12O8/c1-34(2)54(58(75)69-33-42(71)25-49(69)56(73)62-35(3)37-10-8-36(30-59)9-11-37)51-29-52(65-78-51)66-20-15-38(16-21-66)57(74)67-22-17-43(18-23-67)76-44-26-45(27-44)77-53-24-39(14-19-61-53)70-40-12-13-41(70)32-68(31-40)48-28-47(63-64-55(48)60)46-6-4-5-7-50(46)72/h4-11,14,19,24,28-29,34-35,38,40-45,49,54,71-72H,12-13,15-18,20-23,25-27,31-33H2,1-3H3,(H2,60,64)(H,62,73)/t35-,40?,41?,42+,44-,45-,49-,54+/m0/s1. The number of para-hydroxylation sites is 1. The lowest BCUT2D eigenvalue weighted by molar-refractivity contribution is -0.142. The van der Waals surface area contributed by atoms with Gasteiger partial charge < -0.3 is 59.8 Å². The van der Waals surface area contributed by atoms with Gasteiger partial charge in [0.1, 0.15) is 23.8 Å². The van der Waals surface area contributed by atoms with Gasteiger partial charge >= 0.3 is 0 Å². The Hall–Kier alpha value is -7.50. The molecule has 8 heterocycles. The lowest BCUT2D eigenvalue weighted by Crippen LogP contribution is -2.54. The summed E-state index contributed by atoms with van der Waals surface area (Å²) in [5, 5.41) is 46.2. The first kappa shape index (κ1) is 52.5. The van der Waals surface area contributed by atoms with Gasteiger partial charge in [0.2, 0.25) is 23.6 Å². The van der Waals surface area contributed by atoms with E-state index in [1.807, 2.05) is 50.1 Å². The van der Waals surface area contributed by atoms with Gasteiger partial charge in [0.05, 0.1) is 47.4 Å². The lowest BCUT2D eigenvalue weighted by Gasteiger charge is -2.43. The van der Waals surface area contributed by atoms with Crippen LogP contribution in [0.3, 0.4) is 0 Å². The maximum absolute atomic E-state index is 14.3. The summed E-state index contributed by atoms with van der Waals surface area (Å²) in [7, 11) is 0. The second kappa shape index (κ2) is 22.5. The van der Waals surface area contributed by atoms with Crippen LogP contribution < -0.4 is 30.5 Å². The maximum atomic E-state index is 14.3. The summed E-state index contributed by atoms with van der Waals surface area (Å²) < 4.78 is 18.8. The first-order valence-electron chi connectivity index (χ1n) is 27.8. The number of phenolic OH excluding ortho intramolecular Hbond substituents is 1. The van der Waals surface area contributed by atoms with Crippen LogP contribution in [-0.2, 0) is 19.1 Å². The fraction of sp³-hybridized carbons (Fsp3) is 0.517. The number of nitrogens with one attached hydrogen (secondary N) is 1. The summed E-state index contributed by atoms with van der Waals surface area (Å²) in [5.41, 5.74) is 10.9. The van der Waals surface area contributed by atoms with Gasteiger partial charge in [-0.1, -0.05) is 43.3 Å². The molecule has 5 saturated heterocycles. The van der Waals surface area contributed by atoms with Crippen molar-refractivity contribution >= 4 is 40.7 Å². The largest absolute Gasteiger partial charge is 0.507 e. The predicted molar refractivity (Wildman–Crippen MR) is 290 cm³/mol. The molecule has 5 N–H and O–H groups in total. The third-order valence-corrected chi connectivity index (χ3v) is 17.0. The van der Waals surface area contributed by atoms with Crippen LogP contribution in [-0.4, -0.2) is 146 Å². The lowest BCUT2D eigenvalue weighted by atomic mass is 9.91. The van der Waals surface area contributed by atoms with E-state index in [4.69, 9.17) is 25.0 Å². The summed E-state index contributed by atoms with van der Waals surface area (Å²) in [6, 6.07) is 23.4. The molecule has 5 aromatic rings. The number of carbonyl (C=O) groups is 3. The average molecular weight is 1060 g/mol. The second-order valence-corrected chi connectivity index (χ2v) is 22.5. The number of aromatic nitrogens is 4. The predicted octanol–water partition coefficient (Wildman–Crippen LogP) is 5.96. The van der Waals surface area contributed by atoms with E-state index in [1.165, 1.54) is 4.90 Å². The molecule has 5 aliphatic heterocycles. The SMILES string of the molecule is CC(C)[C@@H](C(=O)N1C[C@H](O)C[C@H]1C(=O)N[C@@H](C)c1ccc(C#N)cc1)c1cc(N2CCC(C(=O)N3CCC(O[C@H]4C[C@H](Oc5cc(N6C7CCC6CN(c6cc(-c8ccccc8O)nnc6N)C7)ccn5)C4)CC3)CC2)no1. The minimum atomic E-state index is -0.859. The summed E-state index contributed by atoms with van der Waals surface area (Å²) in [4.78, 5) is 56.7. The molecule has 410 valence electrons. The Balaban J connectivity index is 0.609. The summed E-state index contributed by atoms with van der Waals surface area (Å²) in [6.07, 6.45) is 7.98. The molecule has 11 rings (SSSR count). The Bertz CT molecular complexity index is 2990. The number of nitrogens with two attached hydrogens (primary N) is 1. The topological polar surface area (TPSA) is 253 Å². The molecule has 3 amide bonds. The molecule has 2 aromatic carbocycles. The zero-order chi connectivity index (χ0) is 54.2. The molecule has 1 aliphatic carbocycles. The van der Waals surface area contributed by atoms with E-state index in [0.29, 0.717) is 79.1 Å². The number of nitriles is 1. The Morgan fingerprint density at radius 2 is 1.56 bits per heavy atom. The van der Waals surface area contributed by atoms with Crippen molar-refractivity contribution in [1.82, 2.24) is 35.5 Å². The van der Waals surface area contributed by atoms with Crippen molar-refractivity contribution in [2.45, 2.75) is 133 Å². The molecule has 6 aliphatic rings. The second-order valence-electron chi connectivity index (χ2n) is 22.5. The number of fused-ring (bicyclic) bond motifs is 2. The van der Waals surface area contributed by atoms with Crippen molar-refractivity contribution in [2.75, 3.05) is 66.2 Å². The molecule has 0 spiro atoms. The van der Waals surface area contributed by atoms with E-state index < -0.39 is 18.1 Å². The van der Waals surface area contributed by atoms with Gasteiger partial charge in [0, 0.05) is 113 Å². The number of aliphatic hydroxyl groups excluding tert-OH is 1. The summed E-state index contributed by atoms with van der Waals surface area (Å²) in [6.45, 7) is 9.85. The highest BCUT2D eigenvalue weighted by Crippen LogP contribution is 2.41. The molecule has 20 heteroatoms. The molecule has 6 atom stereocenters. The molecule has 2 unspecified atom stereocenters. The van der Waals surface area contributed by atoms with Crippen LogP contribution in [0.4, 0.5) is 23.0 Å². The number of phenols is 1. The molecule has 78 heavy (non-hydrogen) atoms. The number of rotatable bonds is 15. The van der Waals surface area contributed by atoms with Crippen LogP contribution in [0.1, 0.15) is 107 Å². The fourth-order valence-electron chi connectivity index (χ4n) is 12.6. The van der Waals surface area contributed by atoms with Crippen LogP contribution in [0.5, 0.6) is 11.6 Å². The number of amides is 3. The van der Waals surface area contributed by atoms with Crippen LogP contribution >= 0.6 is 0 Å². The minimum absolute atomic E-state index is 0.0251. The van der Waals surface area contributed by atoms with Gasteiger partial charge in [-0.15, -0.1) is 10.2 Å². The first-order valence-corrected chi connectivity index (χ1v) is 27.8. The van der Waals surface area contributed by atoms with Crippen LogP contribution in [0.15, 0.2) is 83.5 Å². The number of aliphatic hydroxyl groups is 1. The number of aromatic hydroxyl groups is 1. The first-order chi connectivity index (χ1) is 37.8. The highest BCUT2D eigenvalue weighted by atomic mass is 16.5. The third-order valence-electron chi connectivity index (χ3n) is 17.0. The normalized spacial score (nSPS) is 24.4. The number of piperazine rings is 1. The highest BCUT2D eigenvalue weighted by Gasteiger charge is 2.45. The summed E-state index contributed by atoms with van der Waals surface area (Å²) in [5.74, 6) is 0.674. The molecular formula is C58H70N12O8. The van der Waals surface area contributed by atoms with Gasteiger partial charge in [-0.2, -0.15) is 5.26 Å². The minimum Gasteiger partial charge on any atom is -0.507 e. The Morgan fingerprint density at radius 1 is 0.833 bits per heavy atom. The van der Waals surface area contributed by atoms with E-state index in [1.54, 1.807) is 42.5 Å². The molecule has 2 bridgehead atoms. The average Bonchev–Trinajstić information content (AvgIpc) is 4.31. The number of pyridine rings is 1. The molecular weight excluding hydrogens is 993 g/mol. The monoisotopic (exact) mass is 1060 g/mol. The number of carbonyl (C=O) groups excluding carboxylic acids is 3. The van der Waals surface area contributed by atoms with Crippen molar-refractivity contribution in [3.8, 4) is 29.0 Å². The number of hydrogen-bond acceptors (Lipinski definition) is 17. The van der Waals surface area contributed by atoms with E-state index in [2.05, 4.69) is 58.6 Å². The molecule has 6 fully saturated rings. The number of benzene rings is 2. The number of likely N-dealkylation sites (tertiary alicyclic amines) is 2. The number of β-amino-alcohol motifs (C(OH)–C–C–N with tert-alkyl or cyclic N) is 1.